The van der Waals surface area contributed by atoms with E-state index < -0.39 is 5.82 Å². The van der Waals surface area contributed by atoms with Gasteiger partial charge in [-0.1, -0.05) is 24.0 Å². The van der Waals surface area contributed by atoms with Gasteiger partial charge in [-0.15, -0.1) is 11.3 Å². The number of aliphatic hydroxyl groups excluding tert-OH is 1. The average molecular weight is 303 g/mol. The highest BCUT2D eigenvalue weighted by Crippen LogP contribution is 2.22. The summed E-state index contributed by atoms with van der Waals surface area (Å²) >= 11 is 1.25. The molecule has 108 valence electrons. The van der Waals surface area contributed by atoms with Crippen LogP contribution in [-0.4, -0.2) is 17.6 Å². The van der Waals surface area contributed by atoms with Crippen molar-refractivity contribution in [2.45, 2.75) is 13.3 Å². The van der Waals surface area contributed by atoms with Crippen LogP contribution in [-0.2, 0) is 0 Å². The highest BCUT2D eigenvalue weighted by molar-refractivity contribution is 7.14. The Morgan fingerprint density at radius 1 is 1.43 bits per heavy atom. The molecule has 0 aliphatic heterocycles. The van der Waals surface area contributed by atoms with Gasteiger partial charge in [0.05, 0.1) is 22.0 Å². The molecule has 0 spiro atoms. The van der Waals surface area contributed by atoms with Crippen LogP contribution < -0.4 is 5.32 Å². The predicted molar refractivity (Wildman–Crippen MR) is 82.0 cm³/mol. The van der Waals surface area contributed by atoms with Crippen molar-refractivity contribution in [2.75, 3.05) is 11.9 Å². The lowest BCUT2D eigenvalue weighted by Crippen LogP contribution is -2.11. The number of aryl methyl sites for hydroxylation is 1. The molecule has 2 aromatic rings. The summed E-state index contributed by atoms with van der Waals surface area (Å²) in [5.41, 5.74) is 1.05. The molecule has 21 heavy (non-hydrogen) atoms. The average Bonchev–Trinajstić information content (AvgIpc) is 2.83. The monoisotopic (exact) mass is 303 g/mol. The van der Waals surface area contributed by atoms with E-state index in [2.05, 4.69) is 17.2 Å². The molecule has 2 rings (SSSR count). The van der Waals surface area contributed by atoms with E-state index in [-0.39, 0.29) is 18.2 Å². The van der Waals surface area contributed by atoms with Crippen molar-refractivity contribution in [1.29, 1.82) is 0 Å². The van der Waals surface area contributed by atoms with Crippen LogP contribution in [0.15, 0.2) is 30.3 Å². The number of hydrogen-bond acceptors (Lipinski definition) is 3. The molecule has 0 fully saturated rings. The molecular formula is C16H14FNO2S. The zero-order chi connectivity index (χ0) is 15.2. The normalized spacial score (nSPS) is 9.86. The molecule has 0 aliphatic carbocycles. The minimum Gasteiger partial charge on any atom is -0.395 e. The van der Waals surface area contributed by atoms with E-state index in [4.69, 9.17) is 5.11 Å². The van der Waals surface area contributed by atoms with Crippen LogP contribution in [0.1, 0.15) is 26.5 Å². The van der Waals surface area contributed by atoms with Crippen LogP contribution in [0.2, 0.25) is 0 Å². The van der Waals surface area contributed by atoms with Crippen LogP contribution in [0.5, 0.6) is 0 Å². The summed E-state index contributed by atoms with van der Waals surface area (Å²) in [7, 11) is 0. The summed E-state index contributed by atoms with van der Waals surface area (Å²) in [6.45, 7) is 1.87. The number of halogens is 1. The Balaban J connectivity index is 2.16. The van der Waals surface area contributed by atoms with Crippen LogP contribution in [0.3, 0.4) is 0 Å². The second kappa shape index (κ2) is 7.02. The Morgan fingerprint density at radius 2 is 2.19 bits per heavy atom. The fourth-order valence-electron chi connectivity index (χ4n) is 1.66. The second-order valence-electron chi connectivity index (χ2n) is 4.33. The second-order valence-corrected chi connectivity index (χ2v) is 5.38. The third-order valence-corrected chi connectivity index (χ3v) is 3.85. The molecule has 1 aromatic heterocycles. The van der Waals surface area contributed by atoms with Crippen LogP contribution in [0, 0.1) is 24.6 Å². The zero-order valence-electron chi connectivity index (χ0n) is 11.4. The maximum Gasteiger partial charge on any atom is 0.265 e. The lowest BCUT2D eigenvalue weighted by Gasteiger charge is -2.03. The van der Waals surface area contributed by atoms with Gasteiger partial charge in [0.1, 0.15) is 5.82 Å². The van der Waals surface area contributed by atoms with Crippen molar-refractivity contribution >= 4 is 22.9 Å². The van der Waals surface area contributed by atoms with Crippen molar-refractivity contribution in [3.05, 3.63) is 51.5 Å². The first-order valence-electron chi connectivity index (χ1n) is 6.38. The predicted octanol–water partition coefficient (Wildman–Crippen LogP) is 3.18. The number of nitrogens with one attached hydrogen (secondary N) is 1. The molecule has 2 N–H and O–H groups in total. The molecule has 0 bridgehead atoms. The maximum absolute atomic E-state index is 13.5. The molecule has 5 heteroatoms. The van der Waals surface area contributed by atoms with E-state index in [9.17, 15) is 9.18 Å². The minimum absolute atomic E-state index is 0.0120. The first-order valence-corrected chi connectivity index (χ1v) is 7.19. The molecule has 0 aliphatic rings. The third-order valence-electron chi connectivity index (χ3n) is 2.70. The molecule has 3 nitrogen and oxygen atoms in total. The fourth-order valence-corrected chi connectivity index (χ4v) is 2.61. The van der Waals surface area contributed by atoms with Gasteiger partial charge in [0, 0.05) is 6.42 Å². The SMILES string of the molecule is Cc1cc(C(=O)Nc2ccccc2F)sc1C#CCCO. The highest BCUT2D eigenvalue weighted by Gasteiger charge is 2.13. The van der Waals surface area contributed by atoms with E-state index in [1.807, 2.05) is 6.92 Å². The summed E-state index contributed by atoms with van der Waals surface area (Å²) in [6, 6.07) is 7.75. The standard InChI is InChI=1S/C16H14FNO2S/c1-11-10-15(21-14(11)8-4-5-9-19)16(20)18-13-7-3-2-6-12(13)17/h2-3,6-7,10,19H,5,9H2,1H3,(H,18,20). The molecule has 0 radical (unpaired) electrons. The van der Waals surface area contributed by atoms with E-state index >= 15 is 0 Å². The van der Waals surface area contributed by atoms with Gasteiger partial charge >= 0.3 is 0 Å². The first kappa shape index (κ1) is 15.2. The Hall–Kier alpha value is -2.16. The largest absolute Gasteiger partial charge is 0.395 e. The first-order chi connectivity index (χ1) is 10.1. The molecular weight excluding hydrogens is 289 g/mol. The van der Waals surface area contributed by atoms with Crippen LogP contribution in [0.25, 0.3) is 0 Å². The number of thiophene rings is 1. The Morgan fingerprint density at radius 3 is 2.90 bits per heavy atom. The summed E-state index contributed by atoms with van der Waals surface area (Å²) in [4.78, 5) is 13.4. The Bertz CT molecular complexity index is 713. The van der Waals surface area contributed by atoms with Crippen molar-refractivity contribution in [3.63, 3.8) is 0 Å². The third kappa shape index (κ3) is 3.91. The van der Waals surface area contributed by atoms with Crippen molar-refractivity contribution in [2.24, 2.45) is 0 Å². The smallest absolute Gasteiger partial charge is 0.265 e. The topological polar surface area (TPSA) is 49.3 Å². The van der Waals surface area contributed by atoms with Gasteiger partial charge < -0.3 is 10.4 Å². The van der Waals surface area contributed by atoms with E-state index in [1.165, 1.54) is 23.5 Å². The number of hydrogen-bond donors (Lipinski definition) is 2. The number of anilines is 1. The maximum atomic E-state index is 13.5. The quantitative estimate of drug-likeness (QED) is 0.856. The number of aliphatic hydroxyl groups is 1. The number of carbonyl (C=O) groups excluding carboxylic acids is 1. The molecule has 1 amide bonds. The van der Waals surface area contributed by atoms with Gasteiger partial charge in [-0.25, -0.2) is 4.39 Å². The number of amides is 1. The Kier molecular flexibility index (Phi) is 5.09. The molecule has 1 heterocycles. The van der Waals surface area contributed by atoms with Crippen molar-refractivity contribution in [1.82, 2.24) is 0 Å². The summed E-state index contributed by atoms with van der Waals surface area (Å²) in [5.74, 6) is 4.91. The fraction of sp³-hybridized carbons (Fsp3) is 0.188. The van der Waals surface area contributed by atoms with E-state index in [0.717, 1.165) is 10.4 Å². The number of benzene rings is 1. The molecule has 0 saturated heterocycles. The van der Waals surface area contributed by atoms with Crippen LogP contribution >= 0.6 is 11.3 Å². The van der Waals surface area contributed by atoms with Gasteiger partial charge in [-0.2, -0.15) is 0 Å². The molecule has 0 atom stereocenters. The van der Waals surface area contributed by atoms with Gasteiger partial charge in [0.2, 0.25) is 0 Å². The van der Waals surface area contributed by atoms with Crippen LogP contribution in [0.4, 0.5) is 10.1 Å². The van der Waals surface area contributed by atoms with E-state index in [0.29, 0.717) is 11.3 Å². The summed E-state index contributed by atoms with van der Waals surface area (Å²) < 4.78 is 13.5. The van der Waals surface area contributed by atoms with Crippen molar-refractivity contribution < 1.29 is 14.3 Å². The zero-order valence-corrected chi connectivity index (χ0v) is 12.3. The van der Waals surface area contributed by atoms with Crippen molar-refractivity contribution in [3.8, 4) is 11.8 Å². The summed E-state index contributed by atoms with van der Waals surface area (Å²) in [5, 5.41) is 11.2. The molecule has 0 saturated carbocycles. The van der Waals surface area contributed by atoms with E-state index in [1.54, 1.807) is 18.2 Å². The number of rotatable bonds is 3. The molecule has 0 unspecified atom stereocenters. The molecule has 1 aromatic carbocycles. The lowest BCUT2D eigenvalue weighted by molar-refractivity contribution is 0.103. The van der Waals surface area contributed by atoms with Gasteiger partial charge in [0.15, 0.2) is 0 Å². The number of para-hydroxylation sites is 1. The Labute approximate surface area is 126 Å². The van der Waals surface area contributed by atoms with Gasteiger partial charge in [-0.3, -0.25) is 4.79 Å². The van der Waals surface area contributed by atoms with Gasteiger partial charge in [-0.05, 0) is 30.7 Å². The number of carbonyl (C=O) groups is 1. The summed E-state index contributed by atoms with van der Waals surface area (Å²) in [6.07, 6.45) is 0.397. The minimum atomic E-state index is -0.470. The lowest BCUT2D eigenvalue weighted by atomic mass is 10.2. The highest BCUT2D eigenvalue weighted by atomic mass is 32.1. The van der Waals surface area contributed by atoms with Gasteiger partial charge in [0.25, 0.3) is 5.91 Å².